The van der Waals surface area contributed by atoms with E-state index in [1.54, 1.807) is 11.8 Å². The van der Waals surface area contributed by atoms with E-state index in [9.17, 15) is 4.79 Å². The van der Waals surface area contributed by atoms with Gasteiger partial charge in [-0.25, -0.2) is 0 Å². The second-order valence-electron chi connectivity index (χ2n) is 5.44. The van der Waals surface area contributed by atoms with Crippen molar-refractivity contribution in [1.82, 2.24) is 0 Å². The topological polar surface area (TPSA) is 29.5 Å². The van der Waals surface area contributed by atoms with E-state index in [1.165, 1.54) is 0 Å². The number of hydrogen-bond donors (Lipinski definition) is 0. The zero-order chi connectivity index (χ0) is 17.1. The van der Waals surface area contributed by atoms with Crippen LogP contribution in [-0.2, 0) is 4.79 Å². The molecule has 1 heterocycles. The monoisotopic (exact) mass is 425 g/mol. The SMILES string of the molecule is CCCOc1ccc([C@@H]2SCC(=O)N2c2ccc(Cl)cc2)cc1Br. The van der Waals surface area contributed by atoms with Crippen LogP contribution in [0.25, 0.3) is 0 Å². The van der Waals surface area contributed by atoms with Crippen molar-refractivity contribution < 1.29 is 9.53 Å². The van der Waals surface area contributed by atoms with Crippen LogP contribution in [0.2, 0.25) is 5.02 Å². The minimum atomic E-state index is -0.0461. The maximum Gasteiger partial charge on any atom is 0.238 e. The Morgan fingerprint density at radius 1 is 1.29 bits per heavy atom. The fourth-order valence-corrected chi connectivity index (χ4v) is 4.36. The third-order valence-electron chi connectivity index (χ3n) is 3.68. The molecule has 126 valence electrons. The number of ether oxygens (including phenoxy) is 1. The van der Waals surface area contributed by atoms with Gasteiger partial charge in [-0.1, -0.05) is 24.6 Å². The maximum absolute atomic E-state index is 12.4. The van der Waals surface area contributed by atoms with Crippen LogP contribution in [-0.4, -0.2) is 18.3 Å². The number of carbonyl (C=O) groups excluding carboxylic acids is 1. The number of benzene rings is 2. The van der Waals surface area contributed by atoms with Crippen molar-refractivity contribution in [2.24, 2.45) is 0 Å². The highest BCUT2D eigenvalue weighted by atomic mass is 79.9. The molecule has 2 aromatic carbocycles. The number of amides is 1. The third-order valence-corrected chi connectivity index (χ3v) is 5.76. The van der Waals surface area contributed by atoms with E-state index in [1.807, 2.05) is 47.4 Å². The highest BCUT2D eigenvalue weighted by Crippen LogP contribution is 2.43. The molecule has 3 rings (SSSR count). The summed E-state index contributed by atoms with van der Waals surface area (Å²) in [4.78, 5) is 14.2. The Kier molecular flexibility index (Phi) is 5.74. The molecule has 1 atom stereocenters. The standard InChI is InChI=1S/C18H17BrClNO2S/c1-2-9-23-16-8-3-12(10-15(16)19)18-21(17(22)11-24-18)14-6-4-13(20)5-7-14/h3-8,10,18H,2,9,11H2,1H3/t18-/m0/s1. The quantitative estimate of drug-likeness (QED) is 0.617. The first kappa shape index (κ1) is 17.6. The molecule has 0 aromatic heterocycles. The predicted octanol–water partition coefficient (Wildman–Crippen LogP) is 5.67. The van der Waals surface area contributed by atoms with E-state index < -0.39 is 0 Å². The summed E-state index contributed by atoms with van der Waals surface area (Å²) in [7, 11) is 0. The van der Waals surface area contributed by atoms with E-state index in [-0.39, 0.29) is 11.3 Å². The number of carbonyl (C=O) groups is 1. The maximum atomic E-state index is 12.4. The van der Waals surface area contributed by atoms with Gasteiger partial charge in [0.2, 0.25) is 5.91 Å². The van der Waals surface area contributed by atoms with Gasteiger partial charge in [-0.3, -0.25) is 9.69 Å². The molecule has 0 bridgehead atoms. The molecule has 3 nitrogen and oxygen atoms in total. The normalized spacial score (nSPS) is 17.4. The average molecular weight is 427 g/mol. The van der Waals surface area contributed by atoms with Crippen molar-refractivity contribution in [3.05, 3.63) is 57.5 Å². The third kappa shape index (κ3) is 3.73. The second-order valence-corrected chi connectivity index (χ2v) is 7.80. The number of halogens is 2. The Labute approximate surface area is 159 Å². The van der Waals surface area contributed by atoms with Crippen molar-refractivity contribution in [2.75, 3.05) is 17.3 Å². The van der Waals surface area contributed by atoms with Crippen LogP contribution in [0, 0.1) is 0 Å². The van der Waals surface area contributed by atoms with E-state index in [4.69, 9.17) is 16.3 Å². The first-order valence-electron chi connectivity index (χ1n) is 7.71. The van der Waals surface area contributed by atoms with Gasteiger partial charge >= 0.3 is 0 Å². The fraction of sp³-hybridized carbons (Fsp3) is 0.278. The fourth-order valence-electron chi connectivity index (χ4n) is 2.55. The summed E-state index contributed by atoms with van der Waals surface area (Å²) in [5, 5.41) is 0.616. The Bertz CT molecular complexity index is 738. The predicted molar refractivity (Wildman–Crippen MR) is 104 cm³/mol. The molecule has 0 spiro atoms. The summed E-state index contributed by atoms with van der Waals surface area (Å²) in [5.41, 5.74) is 1.93. The molecule has 0 radical (unpaired) electrons. The van der Waals surface area contributed by atoms with Gasteiger partial charge in [-0.05, 0) is 64.3 Å². The lowest BCUT2D eigenvalue weighted by molar-refractivity contribution is -0.115. The zero-order valence-corrected chi connectivity index (χ0v) is 16.3. The molecule has 1 aliphatic heterocycles. The van der Waals surface area contributed by atoms with Crippen molar-refractivity contribution in [3.8, 4) is 5.75 Å². The number of nitrogens with zero attached hydrogens (tertiary/aromatic N) is 1. The van der Waals surface area contributed by atoms with Gasteiger partial charge in [0.15, 0.2) is 0 Å². The second kappa shape index (κ2) is 7.81. The smallest absolute Gasteiger partial charge is 0.238 e. The van der Waals surface area contributed by atoms with Gasteiger partial charge in [0.05, 0.1) is 16.8 Å². The van der Waals surface area contributed by atoms with Crippen molar-refractivity contribution >= 4 is 50.9 Å². The zero-order valence-electron chi connectivity index (χ0n) is 13.2. The van der Waals surface area contributed by atoms with E-state index in [0.717, 1.165) is 27.9 Å². The first-order valence-corrected chi connectivity index (χ1v) is 9.93. The highest BCUT2D eigenvalue weighted by molar-refractivity contribution is 9.10. The summed E-state index contributed by atoms with van der Waals surface area (Å²) in [6.45, 7) is 2.76. The van der Waals surface area contributed by atoms with Crippen LogP contribution in [0.5, 0.6) is 5.75 Å². The number of hydrogen-bond acceptors (Lipinski definition) is 3. The van der Waals surface area contributed by atoms with Crippen LogP contribution in [0.15, 0.2) is 46.9 Å². The molecule has 6 heteroatoms. The van der Waals surface area contributed by atoms with Crippen molar-refractivity contribution in [3.63, 3.8) is 0 Å². The molecule has 0 unspecified atom stereocenters. The summed E-state index contributed by atoms with van der Waals surface area (Å²) in [6, 6.07) is 13.4. The summed E-state index contributed by atoms with van der Waals surface area (Å²) in [5.74, 6) is 1.40. The summed E-state index contributed by atoms with van der Waals surface area (Å²) < 4.78 is 6.61. The molecule has 24 heavy (non-hydrogen) atoms. The molecule has 1 aliphatic rings. The van der Waals surface area contributed by atoms with Crippen LogP contribution in [0.4, 0.5) is 5.69 Å². The van der Waals surface area contributed by atoms with E-state index >= 15 is 0 Å². The Morgan fingerprint density at radius 3 is 2.71 bits per heavy atom. The van der Waals surface area contributed by atoms with Crippen molar-refractivity contribution in [1.29, 1.82) is 0 Å². The molecule has 2 aromatic rings. The Morgan fingerprint density at radius 2 is 2.04 bits per heavy atom. The van der Waals surface area contributed by atoms with Gasteiger partial charge in [0, 0.05) is 10.7 Å². The first-order chi connectivity index (χ1) is 11.6. The van der Waals surface area contributed by atoms with E-state index in [2.05, 4.69) is 22.9 Å². The Hall–Kier alpha value is -1.17. The molecule has 1 saturated heterocycles. The number of thioether (sulfide) groups is 1. The van der Waals surface area contributed by atoms with Crippen LogP contribution in [0.1, 0.15) is 24.3 Å². The highest BCUT2D eigenvalue weighted by Gasteiger charge is 2.34. The minimum Gasteiger partial charge on any atom is -0.492 e. The van der Waals surface area contributed by atoms with Crippen LogP contribution < -0.4 is 9.64 Å². The lowest BCUT2D eigenvalue weighted by Crippen LogP contribution is -2.27. The molecule has 0 saturated carbocycles. The van der Waals surface area contributed by atoms with Gasteiger partial charge < -0.3 is 4.74 Å². The van der Waals surface area contributed by atoms with Crippen LogP contribution in [0.3, 0.4) is 0 Å². The molecule has 0 aliphatic carbocycles. The van der Waals surface area contributed by atoms with Gasteiger partial charge in [0.1, 0.15) is 11.1 Å². The molecular weight excluding hydrogens is 410 g/mol. The summed E-state index contributed by atoms with van der Waals surface area (Å²) >= 11 is 11.2. The molecular formula is C18H17BrClNO2S. The molecule has 0 N–H and O–H groups in total. The molecule has 1 fully saturated rings. The number of rotatable bonds is 5. The Balaban J connectivity index is 1.88. The number of anilines is 1. The van der Waals surface area contributed by atoms with E-state index in [0.29, 0.717) is 17.4 Å². The van der Waals surface area contributed by atoms with Gasteiger partial charge in [-0.15, -0.1) is 11.8 Å². The van der Waals surface area contributed by atoms with Crippen LogP contribution >= 0.6 is 39.3 Å². The lowest BCUT2D eigenvalue weighted by Gasteiger charge is -2.25. The van der Waals surface area contributed by atoms with Crippen molar-refractivity contribution in [2.45, 2.75) is 18.7 Å². The minimum absolute atomic E-state index is 0.0461. The average Bonchev–Trinajstić information content (AvgIpc) is 2.96. The summed E-state index contributed by atoms with van der Waals surface area (Å²) in [6.07, 6.45) is 0.964. The largest absolute Gasteiger partial charge is 0.492 e. The van der Waals surface area contributed by atoms with Gasteiger partial charge in [-0.2, -0.15) is 0 Å². The molecule has 1 amide bonds. The van der Waals surface area contributed by atoms with Gasteiger partial charge in [0.25, 0.3) is 0 Å². The lowest BCUT2D eigenvalue weighted by atomic mass is 10.1.